The molecule has 2 aliphatic heterocycles. The lowest BCUT2D eigenvalue weighted by molar-refractivity contribution is -0.122. The lowest BCUT2D eigenvalue weighted by Gasteiger charge is -2.38. The number of β-lactam (4-membered cyclic amide) rings is 1. The van der Waals surface area contributed by atoms with Gasteiger partial charge >= 0.3 is 0 Å². The van der Waals surface area contributed by atoms with E-state index in [2.05, 4.69) is 6.92 Å². The Morgan fingerprint density at radius 3 is 2.25 bits per heavy atom. The molecule has 6 nitrogen and oxygen atoms in total. The van der Waals surface area contributed by atoms with Crippen LogP contribution in [-0.4, -0.2) is 31.6 Å². The lowest BCUT2D eigenvalue weighted by Crippen LogP contribution is -2.43. The van der Waals surface area contributed by atoms with E-state index in [0.717, 1.165) is 41.0 Å². The highest BCUT2D eigenvalue weighted by Crippen LogP contribution is 2.44. The average molecular weight is 505 g/mol. The molecule has 1 fully saturated rings. The van der Waals surface area contributed by atoms with Gasteiger partial charge in [-0.3, -0.25) is 9.59 Å². The number of ether oxygens (including phenoxy) is 2. The van der Waals surface area contributed by atoms with Crippen LogP contribution in [-0.2, 0) is 16.0 Å². The molecule has 0 aliphatic carbocycles. The quantitative estimate of drug-likeness (QED) is 0.373. The maximum Gasteiger partial charge on any atom is 0.232 e. The fourth-order valence-corrected chi connectivity index (χ4v) is 4.88. The zero-order valence-corrected chi connectivity index (χ0v) is 21.4. The zero-order chi connectivity index (χ0) is 25.4. The number of halogens is 1. The molecule has 0 spiro atoms. The van der Waals surface area contributed by atoms with Gasteiger partial charge in [0.2, 0.25) is 11.8 Å². The van der Waals surface area contributed by atoms with Crippen LogP contribution in [0.25, 0.3) is 0 Å². The van der Waals surface area contributed by atoms with Crippen LogP contribution >= 0.6 is 11.6 Å². The first-order valence-electron chi connectivity index (χ1n) is 12.2. The third-order valence-electron chi connectivity index (χ3n) is 6.97. The number of carbonyl (C=O) groups excluding carboxylic acids is 2. The van der Waals surface area contributed by atoms with Gasteiger partial charge in [0.25, 0.3) is 0 Å². The van der Waals surface area contributed by atoms with Crippen molar-refractivity contribution in [3.05, 3.63) is 82.4 Å². The van der Waals surface area contributed by atoms with Crippen molar-refractivity contribution in [2.45, 2.75) is 45.3 Å². The molecule has 1 saturated heterocycles. The zero-order valence-electron chi connectivity index (χ0n) is 20.7. The van der Waals surface area contributed by atoms with Gasteiger partial charge in [0.05, 0.1) is 25.7 Å². The minimum Gasteiger partial charge on any atom is -0.493 e. The summed E-state index contributed by atoms with van der Waals surface area (Å²) >= 11 is 6.20. The van der Waals surface area contributed by atoms with Crippen molar-refractivity contribution >= 4 is 34.8 Å². The number of fused-ring (bicyclic) bond motifs is 1. The van der Waals surface area contributed by atoms with Crippen molar-refractivity contribution in [1.82, 2.24) is 0 Å². The molecule has 2 atom stereocenters. The van der Waals surface area contributed by atoms with Crippen molar-refractivity contribution in [2.75, 3.05) is 23.5 Å². The number of anilines is 2. The third-order valence-corrected chi connectivity index (χ3v) is 7.22. The number of methoxy groups -OCH3 is 1. The van der Waals surface area contributed by atoms with Gasteiger partial charge in [0.1, 0.15) is 0 Å². The number of hydrogen-bond donors (Lipinski definition) is 0. The molecule has 36 heavy (non-hydrogen) atoms. The Bertz CT molecular complexity index is 1290. The number of hydrogen-bond acceptors (Lipinski definition) is 4. The normalized spacial score (nSPS) is 17.9. The van der Waals surface area contributed by atoms with Crippen molar-refractivity contribution < 1.29 is 19.1 Å². The number of nitrogens with zero attached hydrogens (tertiary/aromatic N) is 2. The second-order valence-electron chi connectivity index (χ2n) is 9.24. The molecule has 0 bridgehead atoms. The van der Waals surface area contributed by atoms with E-state index in [1.54, 1.807) is 12.0 Å². The van der Waals surface area contributed by atoms with Crippen LogP contribution in [0.1, 0.15) is 49.4 Å². The summed E-state index contributed by atoms with van der Waals surface area (Å²) in [7, 11) is 1.61. The van der Waals surface area contributed by atoms with Crippen molar-refractivity contribution in [3.63, 3.8) is 0 Å². The van der Waals surface area contributed by atoms with Crippen molar-refractivity contribution in [1.29, 1.82) is 0 Å². The molecule has 0 radical (unpaired) electrons. The summed E-state index contributed by atoms with van der Waals surface area (Å²) in [5.74, 6) is 1.37. The fraction of sp³-hybridized carbons (Fsp3) is 0.310. The van der Waals surface area contributed by atoms with Crippen LogP contribution in [0.4, 0.5) is 11.4 Å². The van der Waals surface area contributed by atoms with Gasteiger partial charge in [-0.2, -0.15) is 0 Å². The van der Waals surface area contributed by atoms with E-state index in [4.69, 9.17) is 21.1 Å². The van der Waals surface area contributed by atoms with E-state index in [1.807, 2.05) is 72.5 Å². The number of carbonyl (C=O) groups is 2. The van der Waals surface area contributed by atoms with Gasteiger partial charge in [0, 0.05) is 29.4 Å². The van der Waals surface area contributed by atoms with Crippen molar-refractivity contribution in [2.24, 2.45) is 0 Å². The molecular formula is C29H29ClN2O4. The van der Waals surface area contributed by atoms with E-state index in [9.17, 15) is 9.59 Å². The molecule has 186 valence electrons. The summed E-state index contributed by atoms with van der Waals surface area (Å²) in [6, 6.07) is 18.8. The Labute approximate surface area is 216 Å². The maximum atomic E-state index is 13.6. The molecule has 7 heteroatoms. The lowest BCUT2D eigenvalue weighted by atomic mass is 9.86. The molecule has 5 rings (SSSR count). The van der Waals surface area contributed by atoms with Gasteiger partial charge in [-0.05, 0) is 78.6 Å². The fourth-order valence-electron chi connectivity index (χ4n) is 4.76. The molecule has 0 N–H and O–H groups in total. The Balaban J connectivity index is 1.62. The molecule has 0 saturated carbocycles. The number of amides is 2. The van der Waals surface area contributed by atoms with Gasteiger partial charge in [-0.15, -0.1) is 0 Å². The van der Waals surface area contributed by atoms with E-state index >= 15 is 0 Å². The minimum absolute atomic E-state index is 0.0176. The van der Waals surface area contributed by atoms with Crippen LogP contribution in [0.2, 0.25) is 5.02 Å². The monoisotopic (exact) mass is 504 g/mol. The first kappa shape index (κ1) is 24.2. The van der Waals surface area contributed by atoms with E-state index in [0.29, 0.717) is 22.9 Å². The van der Waals surface area contributed by atoms with Gasteiger partial charge in [0.15, 0.2) is 11.5 Å². The van der Waals surface area contributed by atoms with Crippen LogP contribution in [0.3, 0.4) is 0 Å². The minimum atomic E-state index is -0.375. The molecule has 2 amide bonds. The summed E-state index contributed by atoms with van der Waals surface area (Å²) in [5.41, 5.74) is 4.44. The molecule has 3 aromatic rings. The summed E-state index contributed by atoms with van der Waals surface area (Å²) in [5, 5.41) is 0.631. The predicted octanol–water partition coefficient (Wildman–Crippen LogP) is 5.94. The van der Waals surface area contributed by atoms with Gasteiger partial charge in [-0.25, -0.2) is 0 Å². The van der Waals surface area contributed by atoms with Crippen LogP contribution in [0.15, 0.2) is 60.7 Å². The molecule has 2 aliphatic rings. The summed E-state index contributed by atoms with van der Waals surface area (Å²) in [6.07, 6.45) is 1.69. The van der Waals surface area contributed by atoms with E-state index < -0.39 is 0 Å². The Kier molecular flexibility index (Phi) is 6.63. The summed E-state index contributed by atoms with van der Waals surface area (Å²) < 4.78 is 11.8. The highest BCUT2D eigenvalue weighted by atomic mass is 35.5. The predicted molar refractivity (Wildman–Crippen MR) is 141 cm³/mol. The van der Waals surface area contributed by atoms with Crippen LogP contribution in [0, 0.1) is 0 Å². The second-order valence-corrected chi connectivity index (χ2v) is 9.68. The average Bonchev–Trinajstić information content (AvgIpc) is 2.88. The highest BCUT2D eigenvalue weighted by molar-refractivity contribution is 6.30. The van der Waals surface area contributed by atoms with Gasteiger partial charge < -0.3 is 19.3 Å². The number of rotatable bonds is 7. The second kappa shape index (κ2) is 9.86. The van der Waals surface area contributed by atoms with Crippen LogP contribution < -0.4 is 19.3 Å². The standard InChI is InChI=1S/C29H29ClN2O4/c1-4-18(2)36-26-17-24-20(15-25(26)35-3)16-28(34)32(29(24)19-5-7-21(30)8-6-19)23-11-9-22(10-12-23)31-14-13-27(31)33/h5-12,15,17-18,29H,4,13-14,16H2,1-3H3/t18-,29?/m1/s1. The Hall–Kier alpha value is -3.51. The SMILES string of the molecule is CC[C@@H](C)Oc1cc2c(cc1OC)CC(=O)N(c1ccc(N3CCC3=O)cc1)C2c1ccc(Cl)cc1. The molecule has 0 aromatic heterocycles. The third kappa shape index (κ3) is 4.42. The summed E-state index contributed by atoms with van der Waals surface area (Å²) in [4.78, 5) is 29.1. The van der Waals surface area contributed by atoms with Gasteiger partial charge in [-0.1, -0.05) is 30.7 Å². The Morgan fingerprint density at radius 1 is 0.972 bits per heavy atom. The number of benzene rings is 3. The molecule has 2 heterocycles. The first-order valence-corrected chi connectivity index (χ1v) is 12.6. The highest BCUT2D eigenvalue weighted by Gasteiger charge is 2.36. The summed E-state index contributed by atoms with van der Waals surface area (Å²) in [6.45, 7) is 4.82. The topological polar surface area (TPSA) is 59.1 Å². The molecule has 3 aromatic carbocycles. The smallest absolute Gasteiger partial charge is 0.232 e. The van der Waals surface area contributed by atoms with Crippen molar-refractivity contribution in [3.8, 4) is 11.5 Å². The maximum absolute atomic E-state index is 13.6. The first-order chi connectivity index (χ1) is 17.4. The molecule has 1 unspecified atom stereocenters. The van der Waals surface area contributed by atoms with E-state index in [1.165, 1.54) is 0 Å². The van der Waals surface area contributed by atoms with E-state index in [-0.39, 0.29) is 30.4 Å². The largest absolute Gasteiger partial charge is 0.493 e. The Morgan fingerprint density at radius 2 is 1.67 bits per heavy atom. The van der Waals surface area contributed by atoms with Crippen LogP contribution in [0.5, 0.6) is 11.5 Å². The molecular weight excluding hydrogens is 476 g/mol.